The molecule has 162 valence electrons. The van der Waals surface area contributed by atoms with Crippen LogP contribution in [-0.2, 0) is 16.0 Å². The van der Waals surface area contributed by atoms with Crippen LogP contribution in [0.3, 0.4) is 0 Å². The van der Waals surface area contributed by atoms with Crippen molar-refractivity contribution in [1.29, 1.82) is 0 Å². The second kappa shape index (κ2) is 9.90. The summed E-state index contributed by atoms with van der Waals surface area (Å²) in [6, 6.07) is 12.3. The summed E-state index contributed by atoms with van der Waals surface area (Å²) in [6.07, 6.45) is 0.356. The van der Waals surface area contributed by atoms with Crippen LogP contribution in [0.15, 0.2) is 48.5 Å². The van der Waals surface area contributed by atoms with Crippen molar-refractivity contribution in [2.45, 2.75) is 6.42 Å². The molecule has 0 unspecified atom stereocenters. The SMILES string of the molecule is COC(=O)COc1cc(Cl)c(Cc2ccc(O)c(-c3cc(F)cc(OC)c3)c2)c(Cl)c1. The Bertz CT molecular complexity index is 1090. The van der Waals surface area contributed by atoms with Crippen molar-refractivity contribution in [3.63, 3.8) is 0 Å². The molecule has 1 N–H and O–H groups in total. The Kier molecular flexibility index (Phi) is 7.25. The topological polar surface area (TPSA) is 65.0 Å². The highest BCUT2D eigenvalue weighted by atomic mass is 35.5. The fourth-order valence-electron chi connectivity index (χ4n) is 3.00. The summed E-state index contributed by atoms with van der Waals surface area (Å²) in [7, 11) is 2.71. The van der Waals surface area contributed by atoms with Crippen LogP contribution in [0.5, 0.6) is 17.2 Å². The van der Waals surface area contributed by atoms with Crippen molar-refractivity contribution >= 4 is 29.2 Å². The Morgan fingerprint density at radius 1 is 1.00 bits per heavy atom. The van der Waals surface area contributed by atoms with E-state index >= 15 is 0 Å². The quantitative estimate of drug-likeness (QED) is 0.457. The van der Waals surface area contributed by atoms with Crippen LogP contribution in [0.2, 0.25) is 10.0 Å². The summed E-state index contributed by atoms with van der Waals surface area (Å²) in [5.74, 6) is -0.328. The zero-order valence-corrected chi connectivity index (χ0v) is 18.3. The molecule has 5 nitrogen and oxygen atoms in total. The molecule has 3 rings (SSSR count). The van der Waals surface area contributed by atoms with Gasteiger partial charge in [0.25, 0.3) is 0 Å². The van der Waals surface area contributed by atoms with Crippen LogP contribution in [0.25, 0.3) is 11.1 Å². The highest BCUT2D eigenvalue weighted by Crippen LogP contribution is 2.36. The van der Waals surface area contributed by atoms with Gasteiger partial charge in [-0.25, -0.2) is 9.18 Å². The Balaban J connectivity index is 1.89. The van der Waals surface area contributed by atoms with E-state index in [1.165, 1.54) is 32.4 Å². The fourth-order valence-corrected chi connectivity index (χ4v) is 3.60. The molecular formula is C23H19Cl2FO5. The van der Waals surface area contributed by atoms with Gasteiger partial charge in [-0.2, -0.15) is 0 Å². The van der Waals surface area contributed by atoms with Crippen molar-refractivity contribution in [1.82, 2.24) is 0 Å². The van der Waals surface area contributed by atoms with E-state index in [0.717, 1.165) is 5.56 Å². The zero-order valence-electron chi connectivity index (χ0n) is 16.7. The molecule has 0 fully saturated rings. The lowest BCUT2D eigenvalue weighted by Crippen LogP contribution is -2.12. The van der Waals surface area contributed by atoms with Gasteiger partial charge in [-0.15, -0.1) is 0 Å². The normalized spacial score (nSPS) is 10.6. The lowest BCUT2D eigenvalue weighted by atomic mass is 9.98. The number of hydrogen-bond donors (Lipinski definition) is 1. The van der Waals surface area contributed by atoms with E-state index in [1.54, 1.807) is 30.3 Å². The standard InChI is InChI=1S/C23H19Cl2FO5/c1-29-16-8-14(7-15(26)9-16)18-5-13(3-4-22(18)27)6-19-20(24)10-17(11-21(19)25)31-12-23(28)30-2/h3-5,7-11,27H,6,12H2,1-2H3. The van der Waals surface area contributed by atoms with Gasteiger partial charge >= 0.3 is 5.97 Å². The van der Waals surface area contributed by atoms with Gasteiger partial charge in [0.1, 0.15) is 23.1 Å². The second-order valence-corrected chi connectivity index (χ2v) is 7.45. The van der Waals surface area contributed by atoms with Gasteiger partial charge in [0.2, 0.25) is 0 Å². The van der Waals surface area contributed by atoms with Crippen LogP contribution in [0.1, 0.15) is 11.1 Å². The van der Waals surface area contributed by atoms with Gasteiger partial charge in [-0.3, -0.25) is 0 Å². The van der Waals surface area contributed by atoms with Crippen LogP contribution >= 0.6 is 23.2 Å². The predicted octanol–water partition coefficient (Wildman–Crippen LogP) is 5.66. The number of halogens is 3. The first kappa shape index (κ1) is 22.7. The number of ether oxygens (including phenoxy) is 3. The first-order valence-corrected chi connectivity index (χ1v) is 9.90. The van der Waals surface area contributed by atoms with E-state index in [1.807, 2.05) is 0 Å². The number of carbonyl (C=O) groups is 1. The van der Waals surface area contributed by atoms with Crippen molar-refractivity contribution in [2.75, 3.05) is 20.8 Å². The number of hydrogen-bond acceptors (Lipinski definition) is 5. The molecule has 31 heavy (non-hydrogen) atoms. The molecule has 0 bridgehead atoms. The van der Waals surface area contributed by atoms with Gasteiger partial charge in [-0.1, -0.05) is 29.3 Å². The number of phenols is 1. The minimum Gasteiger partial charge on any atom is -0.507 e. The molecular weight excluding hydrogens is 446 g/mol. The second-order valence-electron chi connectivity index (χ2n) is 6.64. The van der Waals surface area contributed by atoms with Gasteiger partial charge in [0, 0.05) is 28.1 Å². The zero-order chi connectivity index (χ0) is 22.5. The smallest absolute Gasteiger partial charge is 0.343 e. The number of methoxy groups -OCH3 is 2. The number of aromatic hydroxyl groups is 1. The van der Waals surface area contributed by atoms with E-state index in [9.17, 15) is 14.3 Å². The Labute approximate surface area is 188 Å². The van der Waals surface area contributed by atoms with Crippen molar-refractivity contribution in [3.05, 3.63) is 75.5 Å². The Hall–Kier alpha value is -2.96. The summed E-state index contributed by atoms with van der Waals surface area (Å²) in [4.78, 5) is 11.2. The molecule has 3 aromatic carbocycles. The lowest BCUT2D eigenvalue weighted by molar-refractivity contribution is -0.142. The van der Waals surface area contributed by atoms with Gasteiger partial charge < -0.3 is 19.3 Å². The maximum Gasteiger partial charge on any atom is 0.343 e. The molecule has 0 amide bonds. The molecule has 8 heteroatoms. The monoisotopic (exact) mass is 464 g/mol. The fraction of sp³-hybridized carbons (Fsp3) is 0.174. The van der Waals surface area contributed by atoms with E-state index in [2.05, 4.69) is 4.74 Å². The van der Waals surface area contributed by atoms with Crippen LogP contribution in [-0.4, -0.2) is 31.9 Å². The van der Waals surface area contributed by atoms with E-state index in [-0.39, 0.29) is 12.4 Å². The number of benzene rings is 3. The average Bonchev–Trinajstić information content (AvgIpc) is 2.75. The number of rotatable bonds is 7. The largest absolute Gasteiger partial charge is 0.507 e. The first-order valence-electron chi connectivity index (χ1n) is 9.15. The minimum atomic E-state index is -0.526. The Morgan fingerprint density at radius 3 is 2.35 bits per heavy atom. The first-order chi connectivity index (χ1) is 14.8. The van der Waals surface area contributed by atoms with E-state index in [4.69, 9.17) is 32.7 Å². The summed E-state index contributed by atoms with van der Waals surface area (Å²) >= 11 is 12.8. The molecule has 0 atom stereocenters. The van der Waals surface area contributed by atoms with E-state index in [0.29, 0.717) is 44.7 Å². The van der Waals surface area contributed by atoms with Crippen LogP contribution < -0.4 is 9.47 Å². The molecule has 0 aliphatic heterocycles. The molecule has 3 aromatic rings. The molecule has 0 aromatic heterocycles. The van der Waals surface area contributed by atoms with E-state index < -0.39 is 11.8 Å². The van der Waals surface area contributed by atoms with Crippen molar-refractivity contribution < 1.29 is 28.5 Å². The lowest BCUT2D eigenvalue weighted by Gasteiger charge is -2.13. The minimum absolute atomic E-state index is 0.000144. The summed E-state index contributed by atoms with van der Waals surface area (Å²) < 4.78 is 28.9. The molecule has 0 aliphatic rings. The highest BCUT2D eigenvalue weighted by Gasteiger charge is 2.14. The molecule has 0 saturated carbocycles. The van der Waals surface area contributed by atoms with Gasteiger partial charge in [-0.05, 0) is 53.1 Å². The number of carbonyl (C=O) groups excluding carboxylic acids is 1. The molecule has 0 saturated heterocycles. The van der Waals surface area contributed by atoms with Crippen LogP contribution in [0.4, 0.5) is 4.39 Å². The maximum atomic E-state index is 13.9. The predicted molar refractivity (Wildman–Crippen MR) is 117 cm³/mol. The molecule has 0 aliphatic carbocycles. The third-order valence-corrected chi connectivity index (χ3v) is 5.23. The molecule has 0 radical (unpaired) electrons. The molecule has 0 heterocycles. The van der Waals surface area contributed by atoms with Crippen LogP contribution in [0, 0.1) is 5.82 Å². The average molecular weight is 465 g/mol. The highest BCUT2D eigenvalue weighted by molar-refractivity contribution is 6.36. The third kappa shape index (κ3) is 5.60. The van der Waals surface area contributed by atoms with Crippen molar-refractivity contribution in [3.8, 4) is 28.4 Å². The summed E-state index contributed by atoms with van der Waals surface area (Å²) in [5, 5.41) is 11.0. The Morgan fingerprint density at radius 2 is 1.71 bits per heavy atom. The van der Waals surface area contributed by atoms with Gasteiger partial charge in [0.05, 0.1) is 14.2 Å². The summed E-state index contributed by atoms with van der Waals surface area (Å²) in [6.45, 7) is -0.263. The number of phenolic OH excluding ortho intramolecular Hbond substituents is 1. The maximum absolute atomic E-state index is 13.9. The molecule has 0 spiro atoms. The van der Waals surface area contributed by atoms with Crippen molar-refractivity contribution in [2.24, 2.45) is 0 Å². The van der Waals surface area contributed by atoms with Gasteiger partial charge in [0.15, 0.2) is 6.61 Å². The number of esters is 1. The third-order valence-electron chi connectivity index (χ3n) is 4.56. The summed E-state index contributed by atoms with van der Waals surface area (Å²) in [5.41, 5.74) is 2.35.